The molecular weight excluding hydrogens is 494 g/mol. The average molecular weight is 528 g/mol. The topological polar surface area (TPSA) is 98.6 Å². The van der Waals surface area contributed by atoms with Crippen LogP contribution in [0, 0.1) is 6.92 Å². The molecule has 1 heterocycles. The van der Waals surface area contributed by atoms with Gasteiger partial charge in [-0.15, -0.1) is 5.10 Å². The molecule has 39 heavy (non-hydrogen) atoms. The van der Waals surface area contributed by atoms with Gasteiger partial charge in [-0.05, 0) is 55.7 Å². The number of rotatable bonds is 9. The summed E-state index contributed by atoms with van der Waals surface area (Å²) in [5, 5.41) is 11.6. The maximum absolute atomic E-state index is 14.3. The summed E-state index contributed by atoms with van der Waals surface area (Å²) in [6, 6.07) is 19.4. The Bertz CT molecular complexity index is 1480. The summed E-state index contributed by atoms with van der Waals surface area (Å²) in [5.41, 5.74) is 3.50. The summed E-state index contributed by atoms with van der Waals surface area (Å²) in [6.45, 7) is 1.83. The first-order chi connectivity index (χ1) is 19.0. The number of amides is 2. The van der Waals surface area contributed by atoms with Crippen molar-refractivity contribution >= 4 is 28.5 Å². The van der Waals surface area contributed by atoms with Gasteiger partial charge in [-0.3, -0.25) is 14.5 Å². The molecule has 1 aliphatic carbocycles. The van der Waals surface area contributed by atoms with E-state index in [1.165, 1.54) is 0 Å². The second-order valence-electron chi connectivity index (χ2n) is 9.79. The van der Waals surface area contributed by atoms with Crippen LogP contribution in [0.2, 0.25) is 0 Å². The normalized spacial score (nSPS) is 14.2. The van der Waals surface area contributed by atoms with Crippen LogP contribution in [-0.2, 0) is 16.1 Å². The van der Waals surface area contributed by atoms with Crippen molar-refractivity contribution in [1.29, 1.82) is 0 Å². The van der Waals surface area contributed by atoms with Gasteiger partial charge >= 0.3 is 0 Å². The van der Waals surface area contributed by atoms with Crippen molar-refractivity contribution in [2.75, 3.05) is 19.1 Å². The predicted octanol–water partition coefficient (Wildman–Crippen LogP) is 4.59. The Morgan fingerprint density at radius 3 is 2.51 bits per heavy atom. The number of nitrogens with one attached hydrogen (secondary N) is 1. The minimum absolute atomic E-state index is 0.0670. The number of hydrogen-bond acceptors (Lipinski definition) is 6. The zero-order chi connectivity index (χ0) is 27.4. The number of carbonyl (C=O) groups is 2. The molecule has 1 N–H and O–H groups in total. The lowest BCUT2D eigenvalue weighted by Gasteiger charge is -2.34. The van der Waals surface area contributed by atoms with Crippen molar-refractivity contribution in [3.8, 4) is 11.5 Å². The zero-order valence-electron chi connectivity index (χ0n) is 22.5. The van der Waals surface area contributed by atoms with E-state index in [0.29, 0.717) is 28.3 Å². The van der Waals surface area contributed by atoms with E-state index in [1.807, 2.05) is 55.5 Å². The van der Waals surface area contributed by atoms with Crippen LogP contribution in [0.1, 0.15) is 42.9 Å². The number of fused-ring (bicyclic) bond motifs is 1. The lowest BCUT2D eigenvalue weighted by atomic mass is 9.99. The number of hydrogen-bond donors (Lipinski definition) is 1. The highest BCUT2D eigenvalue weighted by atomic mass is 16.5. The Balaban J connectivity index is 1.63. The molecule has 202 valence electrons. The maximum Gasteiger partial charge on any atom is 0.249 e. The monoisotopic (exact) mass is 527 g/mol. The second kappa shape index (κ2) is 11.6. The summed E-state index contributed by atoms with van der Waals surface area (Å²) < 4.78 is 12.7. The summed E-state index contributed by atoms with van der Waals surface area (Å²) in [5.74, 6) is 0.488. The van der Waals surface area contributed by atoms with Crippen molar-refractivity contribution in [1.82, 2.24) is 20.3 Å². The average Bonchev–Trinajstić information content (AvgIpc) is 3.62. The molecule has 2 amide bonds. The van der Waals surface area contributed by atoms with Crippen LogP contribution in [0.5, 0.6) is 11.5 Å². The third kappa shape index (κ3) is 5.43. The minimum Gasteiger partial charge on any atom is -0.497 e. The van der Waals surface area contributed by atoms with Crippen LogP contribution in [0.15, 0.2) is 66.7 Å². The molecule has 1 saturated carbocycles. The number of nitrogens with zero attached hydrogens (tertiary/aromatic N) is 4. The molecule has 9 nitrogen and oxygen atoms in total. The first kappa shape index (κ1) is 26.2. The van der Waals surface area contributed by atoms with Gasteiger partial charge < -0.3 is 14.8 Å². The first-order valence-corrected chi connectivity index (χ1v) is 13.2. The summed E-state index contributed by atoms with van der Waals surface area (Å²) in [6.07, 6.45) is 3.98. The number of aromatic nitrogens is 3. The van der Waals surface area contributed by atoms with Crippen molar-refractivity contribution in [3.63, 3.8) is 0 Å². The van der Waals surface area contributed by atoms with Gasteiger partial charge in [0.05, 0.1) is 19.7 Å². The van der Waals surface area contributed by atoms with E-state index in [-0.39, 0.29) is 24.4 Å². The number of methoxy groups -OCH3 is 2. The van der Waals surface area contributed by atoms with E-state index in [4.69, 9.17) is 9.47 Å². The molecule has 4 aromatic rings. The predicted molar refractivity (Wildman–Crippen MR) is 149 cm³/mol. The van der Waals surface area contributed by atoms with Crippen molar-refractivity contribution in [2.45, 2.75) is 51.2 Å². The lowest BCUT2D eigenvalue weighted by molar-refractivity contribution is -0.127. The Morgan fingerprint density at radius 2 is 1.77 bits per heavy atom. The van der Waals surface area contributed by atoms with E-state index < -0.39 is 6.04 Å². The molecule has 9 heteroatoms. The lowest BCUT2D eigenvalue weighted by Crippen LogP contribution is -2.47. The molecule has 0 bridgehead atoms. The smallest absolute Gasteiger partial charge is 0.249 e. The number of ether oxygens (including phenoxy) is 2. The fraction of sp³-hybridized carbons (Fsp3) is 0.333. The van der Waals surface area contributed by atoms with Gasteiger partial charge in [0.2, 0.25) is 11.8 Å². The molecule has 5 rings (SSSR count). The summed E-state index contributed by atoms with van der Waals surface area (Å²) in [7, 11) is 3.12. The Labute approximate surface area is 227 Å². The molecule has 1 aliphatic rings. The molecule has 3 aromatic carbocycles. The van der Waals surface area contributed by atoms with E-state index in [1.54, 1.807) is 42.0 Å². The van der Waals surface area contributed by atoms with E-state index in [9.17, 15) is 9.59 Å². The molecule has 0 aliphatic heterocycles. The third-order valence-electron chi connectivity index (χ3n) is 7.29. The van der Waals surface area contributed by atoms with Crippen LogP contribution in [0.4, 0.5) is 5.69 Å². The SMILES string of the molecule is COc1ccc([C@H](C(=O)NC2CCCC2)N(C(=O)Cn2nnc3ccccc32)c2ccccc2C)c(OC)c1. The molecule has 0 unspecified atom stereocenters. The van der Waals surface area contributed by atoms with Gasteiger partial charge in [0, 0.05) is 23.4 Å². The largest absolute Gasteiger partial charge is 0.497 e. The number of aryl methyl sites for hydroxylation is 1. The van der Waals surface area contributed by atoms with E-state index in [0.717, 1.165) is 36.8 Å². The van der Waals surface area contributed by atoms with Crippen LogP contribution < -0.4 is 19.7 Å². The number of anilines is 1. The molecule has 1 aromatic heterocycles. The van der Waals surface area contributed by atoms with Gasteiger partial charge in [0.1, 0.15) is 29.6 Å². The Hall–Kier alpha value is -4.40. The molecule has 0 spiro atoms. The summed E-state index contributed by atoms with van der Waals surface area (Å²) >= 11 is 0. The molecular formula is C30H33N5O4. The fourth-order valence-corrected chi connectivity index (χ4v) is 5.28. The molecule has 1 atom stereocenters. The zero-order valence-corrected chi connectivity index (χ0v) is 22.5. The Kier molecular flexibility index (Phi) is 7.76. The van der Waals surface area contributed by atoms with E-state index in [2.05, 4.69) is 15.6 Å². The van der Waals surface area contributed by atoms with Crippen LogP contribution >= 0.6 is 0 Å². The third-order valence-corrected chi connectivity index (χ3v) is 7.29. The highest BCUT2D eigenvalue weighted by Gasteiger charge is 2.37. The standard InChI is InChI=1S/C30H33N5O4/c1-20-10-4-8-14-25(20)35(28(36)19-34-26-15-9-7-13-24(26)32-33-34)29(30(37)31-21-11-5-6-12-21)23-17-16-22(38-2)18-27(23)39-3/h4,7-10,13-18,21,29H,5-6,11-12,19H2,1-3H3,(H,31,37)/t29-/m1/s1. The Morgan fingerprint density at radius 1 is 1.03 bits per heavy atom. The van der Waals surface area contributed by atoms with Crippen molar-refractivity contribution < 1.29 is 19.1 Å². The van der Waals surface area contributed by atoms with Crippen molar-refractivity contribution in [3.05, 3.63) is 77.9 Å². The number of benzene rings is 3. The quantitative estimate of drug-likeness (QED) is 0.342. The highest BCUT2D eigenvalue weighted by Crippen LogP contribution is 2.37. The van der Waals surface area contributed by atoms with Crippen LogP contribution in [-0.4, -0.2) is 47.1 Å². The highest BCUT2D eigenvalue weighted by molar-refractivity contribution is 6.02. The number of carbonyl (C=O) groups excluding carboxylic acids is 2. The van der Waals surface area contributed by atoms with Gasteiger partial charge in [-0.1, -0.05) is 48.4 Å². The van der Waals surface area contributed by atoms with Gasteiger partial charge in [-0.2, -0.15) is 0 Å². The summed E-state index contributed by atoms with van der Waals surface area (Å²) in [4.78, 5) is 30.0. The van der Waals surface area contributed by atoms with Crippen LogP contribution in [0.3, 0.4) is 0 Å². The first-order valence-electron chi connectivity index (χ1n) is 13.2. The van der Waals surface area contributed by atoms with Crippen molar-refractivity contribution in [2.24, 2.45) is 0 Å². The van der Waals surface area contributed by atoms with E-state index >= 15 is 0 Å². The maximum atomic E-state index is 14.3. The minimum atomic E-state index is -0.991. The van der Waals surface area contributed by atoms with Gasteiger partial charge in [0.15, 0.2) is 0 Å². The van der Waals surface area contributed by atoms with Gasteiger partial charge in [-0.25, -0.2) is 4.68 Å². The van der Waals surface area contributed by atoms with Crippen LogP contribution in [0.25, 0.3) is 11.0 Å². The fourth-order valence-electron chi connectivity index (χ4n) is 5.28. The second-order valence-corrected chi connectivity index (χ2v) is 9.79. The number of para-hydroxylation sites is 2. The molecule has 1 fully saturated rings. The molecule has 0 radical (unpaired) electrons. The van der Waals surface area contributed by atoms with Gasteiger partial charge in [0.25, 0.3) is 0 Å². The molecule has 0 saturated heterocycles.